The van der Waals surface area contributed by atoms with Gasteiger partial charge in [0.2, 0.25) is 5.91 Å². The number of rotatable bonds is 5. The third-order valence-electron chi connectivity index (χ3n) is 8.10. The van der Waals surface area contributed by atoms with Gasteiger partial charge in [-0.25, -0.2) is 9.59 Å². The van der Waals surface area contributed by atoms with Crippen LogP contribution in [0.15, 0.2) is 48.5 Å². The van der Waals surface area contributed by atoms with E-state index in [2.05, 4.69) is 29.6 Å². The number of carbonyl (C=O) groups is 3. The summed E-state index contributed by atoms with van der Waals surface area (Å²) in [5.74, 6) is -1.60. The molecule has 0 bridgehead atoms. The minimum atomic E-state index is -1.18. The van der Waals surface area contributed by atoms with Crippen molar-refractivity contribution in [2.45, 2.75) is 62.9 Å². The first-order valence-electron chi connectivity index (χ1n) is 12.6. The summed E-state index contributed by atoms with van der Waals surface area (Å²) in [4.78, 5) is 39.7. The van der Waals surface area contributed by atoms with Crippen LogP contribution in [0.3, 0.4) is 0 Å². The molecule has 2 aromatic rings. The van der Waals surface area contributed by atoms with Gasteiger partial charge in [0.25, 0.3) is 0 Å². The van der Waals surface area contributed by atoms with E-state index in [4.69, 9.17) is 4.74 Å². The van der Waals surface area contributed by atoms with E-state index >= 15 is 0 Å². The number of nitrogens with zero attached hydrogens (tertiary/aromatic N) is 1. The lowest BCUT2D eigenvalue weighted by atomic mass is 9.82. The zero-order chi connectivity index (χ0) is 24.6. The molecule has 1 saturated heterocycles. The maximum atomic E-state index is 13.4. The number of ether oxygens (including phenoxy) is 1. The van der Waals surface area contributed by atoms with Crippen molar-refractivity contribution in [1.29, 1.82) is 0 Å². The number of fused-ring (bicyclic) bond motifs is 3. The smallest absolute Gasteiger partial charge is 0.407 e. The van der Waals surface area contributed by atoms with Crippen LogP contribution in [0.4, 0.5) is 4.79 Å². The molecule has 184 valence electrons. The number of carbonyl (C=O) groups excluding carboxylic acids is 2. The normalized spacial score (nSPS) is 25.6. The maximum absolute atomic E-state index is 13.4. The first-order chi connectivity index (χ1) is 16.9. The molecule has 1 unspecified atom stereocenters. The maximum Gasteiger partial charge on any atom is 0.407 e. The van der Waals surface area contributed by atoms with E-state index in [1.807, 2.05) is 24.3 Å². The number of hydrogen-bond acceptors (Lipinski definition) is 4. The van der Waals surface area contributed by atoms with Crippen molar-refractivity contribution in [3.05, 3.63) is 59.7 Å². The topological polar surface area (TPSA) is 95.9 Å². The molecule has 3 atom stereocenters. The van der Waals surface area contributed by atoms with E-state index in [0.29, 0.717) is 32.2 Å². The number of likely N-dealkylation sites (tertiary alicyclic amines) is 1. The van der Waals surface area contributed by atoms with E-state index in [9.17, 15) is 19.5 Å². The summed E-state index contributed by atoms with van der Waals surface area (Å²) in [6.45, 7) is 2.28. The number of alkyl carbamates (subject to hydrolysis) is 1. The Balaban J connectivity index is 1.26. The number of aliphatic carboxylic acids is 1. The molecule has 2 fully saturated rings. The lowest BCUT2D eigenvalue weighted by Crippen LogP contribution is -2.56. The molecule has 0 aromatic heterocycles. The largest absolute Gasteiger partial charge is 0.480 e. The van der Waals surface area contributed by atoms with Crippen LogP contribution in [0.5, 0.6) is 0 Å². The van der Waals surface area contributed by atoms with Crippen LogP contribution >= 0.6 is 0 Å². The lowest BCUT2D eigenvalue weighted by Gasteiger charge is -2.38. The minimum absolute atomic E-state index is 0.0298. The van der Waals surface area contributed by atoms with Crippen molar-refractivity contribution in [1.82, 2.24) is 10.2 Å². The number of carboxylic acid groups (broad SMARTS) is 1. The van der Waals surface area contributed by atoms with Gasteiger partial charge in [-0.3, -0.25) is 4.79 Å². The van der Waals surface area contributed by atoms with Gasteiger partial charge in [0.05, 0.1) is 5.92 Å². The van der Waals surface area contributed by atoms with Crippen molar-refractivity contribution < 1.29 is 24.2 Å². The fourth-order valence-electron chi connectivity index (χ4n) is 6.13. The van der Waals surface area contributed by atoms with Gasteiger partial charge in [0, 0.05) is 18.5 Å². The molecule has 7 heteroatoms. The highest BCUT2D eigenvalue weighted by Gasteiger charge is 2.48. The van der Waals surface area contributed by atoms with Gasteiger partial charge in [0.15, 0.2) is 0 Å². The Morgan fingerprint density at radius 1 is 1.00 bits per heavy atom. The number of amides is 2. The molecule has 0 radical (unpaired) electrons. The Bertz CT molecular complexity index is 1100. The molecule has 2 aromatic carbocycles. The van der Waals surface area contributed by atoms with Crippen molar-refractivity contribution in [2.75, 3.05) is 13.2 Å². The van der Waals surface area contributed by atoms with Crippen molar-refractivity contribution in [3.8, 4) is 11.1 Å². The molecule has 5 rings (SSSR count). The number of hydrogen-bond donors (Lipinski definition) is 2. The summed E-state index contributed by atoms with van der Waals surface area (Å²) in [6, 6.07) is 16.0. The average molecular weight is 477 g/mol. The van der Waals surface area contributed by atoms with Gasteiger partial charge in [-0.05, 0) is 54.9 Å². The minimum Gasteiger partial charge on any atom is -0.480 e. The Labute approximate surface area is 205 Å². The Morgan fingerprint density at radius 3 is 2.29 bits per heavy atom. The summed E-state index contributed by atoms with van der Waals surface area (Å²) in [6.07, 6.45) is 3.71. The van der Waals surface area contributed by atoms with Crippen LogP contribution < -0.4 is 5.32 Å². The Morgan fingerprint density at radius 2 is 1.63 bits per heavy atom. The standard InChI is InChI=1S/C28H32N2O5/c1-28(26(32)33)15-8-16-30(28)25(31)22-13-6-7-14-24(22)29-27(34)35-17-23-20-11-4-2-9-18(20)19-10-3-5-12-21(19)23/h2-5,9-12,22-24H,6-8,13-17H2,1H3,(H,29,34)(H,32,33)/t22-,24+,28?/m1/s1. The Hall–Kier alpha value is -3.35. The van der Waals surface area contributed by atoms with Gasteiger partial charge < -0.3 is 20.1 Å². The summed E-state index contributed by atoms with van der Waals surface area (Å²) in [5, 5.41) is 12.7. The second-order valence-electron chi connectivity index (χ2n) is 10.1. The van der Waals surface area contributed by atoms with Crippen LogP contribution in [0, 0.1) is 5.92 Å². The molecule has 2 N–H and O–H groups in total. The molecule has 3 aliphatic rings. The molecule has 7 nitrogen and oxygen atoms in total. The summed E-state index contributed by atoms with van der Waals surface area (Å²) in [5.41, 5.74) is 3.45. The number of nitrogens with one attached hydrogen (secondary N) is 1. The SMILES string of the molecule is CC1(C(=O)O)CCCN1C(=O)[C@@H]1CCCC[C@@H]1NC(=O)OCC1c2ccccc2-c2ccccc21. The van der Waals surface area contributed by atoms with E-state index < -0.39 is 23.5 Å². The van der Waals surface area contributed by atoms with Crippen molar-refractivity contribution >= 4 is 18.0 Å². The average Bonchev–Trinajstić information content (AvgIpc) is 3.42. The van der Waals surface area contributed by atoms with E-state index in [1.165, 1.54) is 16.0 Å². The Kier molecular flexibility index (Phi) is 6.26. The summed E-state index contributed by atoms with van der Waals surface area (Å²) >= 11 is 0. The highest BCUT2D eigenvalue weighted by Crippen LogP contribution is 2.44. The molecule has 1 heterocycles. The third-order valence-corrected chi connectivity index (χ3v) is 8.10. The van der Waals surface area contributed by atoms with Crippen LogP contribution in [0.1, 0.15) is 62.5 Å². The van der Waals surface area contributed by atoms with Crippen molar-refractivity contribution in [3.63, 3.8) is 0 Å². The third kappa shape index (κ3) is 4.17. The molecular formula is C28H32N2O5. The first kappa shape index (κ1) is 23.4. The predicted molar refractivity (Wildman–Crippen MR) is 131 cm³/mol. The fraction of sp³-hybridized carbons (Fsp3) is 0.464. The molecule has 0 spiro atoms. The number of carboxylic acids is 1. The molecule has 2 aliphatic carbocycles. The van der Waals surface area contributed by atoms with Gasteiger partial charge in [-0.15, -0.1) is 0 Å². The van der Waals surface area contributed by atoms with E-state index in [0.717, 1.165) is 24.0 Å². The highest BCUT2D eigenvalue weighted by atomic mass is 16.5. The van der Waals surface area contributed by atoms with Gasteiger partial charge in [-0.2, -0.15) is 0 Å². The predicted octanol–water partition coefficient (Wildman–Crippen LogP) is 4.55. The lowest BCUT2D eigenvalue weighted by molar-refractivity contribution is -0.157. The van der Waals surface area contributed by atoms with E-state index in [1.54, 1.807) is 6.92 Å². The molecular weight excluding hydrogens is 444 g/mol. The molecule has 35 heavy (non-hydrogen) atoms. The van der Waals surface area contributed by atoms with Crippen LogP contribution in [0.25, 0.3) is 11.1 Å². The van der Waals surface area contributed by atoms with E-state index in [-0.39, 0.29) is 24.5 Å². The first-order valence-corrected chi connectivity index (χ1v) is 12.6. The molecule has 1 aliphatic heterocycles. The summed E-state index contributed by atoms with van der Waals surface area (Å²) in [7, 11) is 0. The molecule has 1 saturated carbocycles. The fourth-order valence-corrected chi connectivity index (χ4v) is 6.13. The van der Waals surface area contributed by atoms with Crippen molar-refractivity contribution in [2.24, 2.45) is 5.92 Å². The second kappa shape index (κ2) is 9.36. The zero-order valence-corrected chi connectivity index (χ0v) is 20.0. The monoisotopic (exact) mass is 476 g/mol. The van der Waals surface area contributed by atoms with Crippen LogP contribution in [-0.2, 0) is 14.3 Å². The highest BCUT2D eigenvalue weighted by molar-refractivity contribution is 5.89. The quantitative estimate of drug-likeness (QED) is 0.660. The van der Waals surface area contributed by atoms with Gasteiger partial charge in [0.1, 0.15) is 12.1 Å². The zero-order valence-electron chi connectivity index (χ0n) is 20.0. The van der Waals surface area contributed by atoms with Crippen LogP contribution in [-0.4, -0.2) is 52.7 Å². The summed E-state index contributed by atoms with van der Waals surface area (Å²) < 4.78 is 5.71. The second-order valence-corrected chi connectivity index (χ2v) is 10.1. The van der Waals surface area contributed by atoms with Crippen LogP contribution in [0.2, 0.25) is 0 Å². The van der Waals surface area contributed by atoms with Gasteiger partial charge in [-0.1, -0.05) is 61.4 Å². The van der Waals surface area contributed by atoms with Gasteiger partial charge >= 0.3 is 12.1 Å². The number of benzene rings is 2. The molecule has 2 amide bonds.